The van der Waals surface area contributed by atoms with E-state index in [9.17, 15) is 4.79 Å². The number of carbonyl (C=O) groups is 1. The molecule has 0 spiro atoms. The third-order valence-electron chi connectivity index (χ3n) is 3.11. The molecule has 0 atom stereocenters. The summed E-state index contributed by atoms with van der Waals surface area (Å²) in [5, 5.41) is 9.00. The molecule has 0 radical (unpaired) electrons. The molecule has 0 aliphatic heterocycles. The molecule has 2 aromatic rings. The second-order valence-corrected chi connectivity index (χ2v) is 5.35. The molecule has 5 heteroatoms. The number of likely N-dealkylation sites (N-methyl/N-ethyl adjacent to an activating group) is 1. The van der Waals surface area contributed by atoms with E-state index in [1.54, 1.807) is 18.5 Å². The van der Waals surface area contributed by atoms with E-state index in [0.717, 1.165) is 18.7 Å². The van der Waals surface area contributed by atoms with Crippen LogP contribution in [0.4, 0.5) is 5.69 Å². The zero-order chi connectivity index (χ0) is 14.5. The van der Waals surface area contributed by atoms with Crippen LogP contribution >= 0.6 is 15.9 Å². The number of anilines is 1. The fourth-order valence-electron chi connectivity index (χ4n) is 1.89. The van der Waals surface area contributed by atoms with Gasteiger partial charge in [-0.25, -0.2) is 4.79 Å². The predicted molar refractivity (Wildman–Crippen MR) is 82.3 cm³/mol. The molecule has 0 saturated carbocycles. The summed E-state index contributed by atoms with van der Waals surface area (Å²) in [6.45, 7) is 0.850. The van der Waals surface area contributed by atoms with Crippen LogP contribution in [0.5, 0.6) is 0 Å². The SMILES string of the molecule is CN(CCc1ccncc1)c1ccc(C(=O)O)c(Br)c1. The Morgan fingerprint density at radius 3 is 2.60 bits per heavy atom. The van der Waals surface area contributed by atoms with E-state index in [-0.39, 0.29) is 5.56 Å². The van der Waals surface area contributed by atoms with E-state index in [4.69, 9.17) is 5.11 Å². The van der Waals surface area contributed by atoms with E-state index in [1.165, 1.54) is 5.56 Å². The Labute approximate surface area is 126 Å². The van der Waals surface area contributed by atoms with Gasteiger partial charge in [-0.1, -0.05) is 0 Å². The largest absolute Gasteiger partial charge is 0.478 e. The van der Waals surface area contributed by atoms with Crippen molar-refractivity contribution in [2.24, 2.45) is 0 Å². The van der Waals surface area contributed by atoms with Crippen LogP contribution in [0.1, 0.15) is 15.9 Å². The zero-order valence-corrected chi connectivity index (χ0v) is 12.7. The highest BCUT2D eigenvalue weighted by Crippen LogP contribution is 2.23. The second kappa shape index (κ2) is 6.52. The van der Waals surface area contributed by atoms with Crippen molar-refractivity contribution < 1.29 is 9.90 Å². The van der Waals surface area contributed by atoms with E-state index < -0.39 is 5.97 Å². The van der Waals surface area contributed by atoms with Gasteiger partial charge in [-0.15, -0.1) is 0 Å². The lowest BCUT2D eigenvalue weighted by Crippen LogP contribution is -2.20. The van der Waals surface area contributed by atoms with Gasteiger partial charge in [0.15, 0.2) is 0 Å². The Bertz CT molecular complexity index is 602. The molecular formula is C15H15BrN2O2. The van der Waals surface area contributed by atoms with Gasteiger partial charge in [-0.05, 0) is 58.2 Å². The van der Waals surface area contributed by atoms with Crippen LogP contribution < -0.4 is 4.90 Å². The Hall–Kier alpha value is -1.88. The molecule has 1 heterocycles. The molecule has 0 bridgehead atoms. The fourth-order valence-corrected chi connectivity index (χ4v) is 2.43. The lowest BCUT2D eigenvalue weighted by Gasteiger charge is -2.20. The summed E-state index contributed by atoms with van der Waals surface area (Å²) < 4.78 is 0.596. The van der Waals surface area contributed by atoms with Crippen LogP contribution in [-0.2, 0) is 6.42 Å². The first-order valence-corrected chi connectivity index (χ1v) is 7.00. The molecule has 0 unspecified atom stereocenters. The van der Waals surface area contributed by atoms with Gasteiger partial charge in [0.2, 0.25) is 0 Å². The normalized spacial score (nSPS) is 10.3. The summed E-state index contributed by atoms with van der Waals surface area (Å²) in [6.07, 6.45) is 4.48. The summed E-state index contributed by atoms with van der Waals surface area (Å²) in [4.78, 5) is 17.1. The van der Waals surface area contributed by atoms with Gasteiger partial charge in [0.05, 0.1) is 5.56 Å². The van der Waals surface area contributed by atoms with Gasteiger partial charge in [0.1, 0.15) is 0 Å². The molecule has 20 heavy (non-hydrogen) atoms. The maximum atomic E-state index is 11.0. The first-order valence-electron chi connectivity index (χ1n) is 6.21. The average molecular weight is 335 g/mol. The van der Waals surface area contributed by atoms with Gasteiger partial charge in [0.25, 0.3) is 0 Å². The van der Waals surface area contributed by atoms with Crippen molar-refractivity contribution in [1.82, 2.24) is 4.98 Å². The molecule has 0 aliphatic rings. The number of pyridine rings is 1. The summed E-state index contributed by atoms with van der Waals surface area (Å²) in [5.74, 6) is -0.928. The first kappa shape index (κ1) is 14.5. The Balaban J connectivity index is 2.04. The van der Waals surface area contributed by atoms with Crippen molar-refractivity contribution in [3.8, 4) is 0 Å². The second-order valence-electron chi connectivity index (χ2n) is 4.50. The number of benzene rings is 1. The number of halogens is 1. The summed E-state index contributed by atoms with van der Waals surface area (Å²) in [6, 6.07) is 9.26. The molecule has 104 valence electrons. The summed E-state index contributed by atoms with van der Waals surface area (Å²) in [5.41, 5.74) is 2.49. The van der Waals surface area contributed by atoms with Crippen LogP contribution in [0.25, 0.3) is 0 Å². The van der Waals surface area contributed by atoms with Crippen LogP contribution in [0.2, 0.25) is 0 Å². The predicted octanol–water partition coefficient (Wildman–Crippen LogP) is 3.22. The van der Waals surface area contributed by atoms with Gasteiger partial charge in [0, 0.05) is 36.1 Å². The molecule has 1 aromatic heterocycles. The van der Waals surface area contributed by atoms with Crippen LogP contribution in [-0.4, -0.2) is 29.7 Å². The quantitative estimate of drug-likeness (QED) is 0.912. The Kier molecular flexibility index (Phi) is 4.74. The molecule has 0 saturated heterocycles. The van der Waals surface area contributed by atoms with Gasteiger partial charge in [-0.3, -0.25) is 4.98 Å². The highest BCUT2D eigenvalue weighted by atomic mass is 79.9. The van der Waals surface area contributed by atoms with Gasteiger partial charge >= 0.3 is 5.97 Å². The fraction of sp³-hybridized carbons (Fsp3) is 0.200. The molecule has 0 aliphatic carbocycles. The highest BCUT2D eigenvalue weighted by Gasteiger charge is 2.10. The standard InChI is InChI=1S/C15H15BrN2O2/c1-18(9-6-11-4-7-17-8-5-11)12-2-3-13(15(19)20)14(16)10-12/h2-5,7-8,10H,6,9H2,1H3,(H,19,20). The smallest absolute Gasteiger partial charge is 0.336 e. The minimum absolute atomic E-state index is 0.274. The van der Waals surface area contributed by atoms with Crippen molar-refractivity contribution in [1.29, 1.82) is 0 Å². The molecule has 1 N–H and O–H groups in total. The topological polar surface area (TPSA) is 53.4 Å². The van der Waals surface area contributed by atoms with Crippen molar-refractivity contribution >= 4 is 27.6 Å². The molecule has 0 fully saturated rings. The minimum atomic E-state index is -0.928. The van der Waals surface area contributed by atoms with Crippen molar-refractivity contribution in [3.05, 3.63) is 58.3 Å². The van der Waals surface area contributed by atoms with E-state index in [1.807, 2.05) is 31.3 Å². The highest BCUT2D eigenvalue weighted by molar-refractivity contribution is 9.10. The molecule has 2 rings (SSSR count). The number of rotatable bonds is 5. The van der Waals surface area contributed by atoms with Crippen molar-refractivity contribution in [2.75, 3.05) is 18.5 Å². The first-order chi connectivity index (χ1) is 9.58. The number of aromatic nitrogens is 1. The molecule has 4 nitrogen and oxygen atoms in total. The third-order valence-corrected chi connectivity index (χ3v) is 3.77. The number of aromatic carboxylic acids is 1. The van der Waals surface area contributed by atoms with Gasteiger partial charge in [-0.2, -0.15) is 0 Å². The number of hydrogen-bond acceptors (Lipinski definition) is 3. The van der Waals surface area contributed by atoms with E-state index in [0.29, 0.717) is 4.47 Å². The molecular weight excluding hydrogens is 320 g/mol. The maximum Gasteiger partial charge on any atom is 0.336 e. The monoisotopic (exact) mass is 334 g/mol. The lowest BCUT2D eigenvalue weighted by atomic mass is 10.1. The number of carboxylic acid groups (broad SMARTS) is 1. The number of carboxylic acids is 1. The number of hydrogen-bond donors (Lipinski definition) is 1. The third kappa shape index (κ3) is 3.57. The minimum Gasteiger partial charge on any atom is -0.478 e. The maximum absolute atomic E-state index is 11.0. The summed E-state index contributed by atoms with van der Waals surface area (Å²) in [7, 11) is 1.99. The Morgan fingerprint density at radius 2 is 2.00 bits per heavy atom. The average Bonchev–Trinajstić information content (AvgIpc) is 2.45. The molecule has 1 aromatic carbocycles. The van der Waals surface area contributed by atoms with E-state index in [2.05, 4.69) is 25.8 Å². The lowest BCUT2D eigenvalue weighted by molar-refractivity contribution is 0.0696. The summed E-state index contributed by atoms with van der Waals surface area (Å²) >= 11 is 3.30. The van der Waals surface area contributed by atoms with E-state index >= 15 is 0 Å². The van der Waals surface area contributed by atoms with Crippen LogP contribution in [0.15, 0.2) is 47.2 Å². The van der Waals surface area contributed by atoms with Crippen molar-refractivity contribution in [2.45, 2.75) is 6.42 Å². The van der Waals surface area contributed by atoms with Crippen LogP contribution in [0, 0.1) is 0 Å². The number of nitrogens with zero attached hydrogens (tertiary/aromatic N) is 2. The van der Waals surface area contributed by atoms with Crippen molar-refractivity contribution in [3.63, 3.8) is 0 Å². The molecule has 0 amide bonds. The van der Waals surface area contributed by atoms with Gasteiger partial charge < -0.3 is 10.0 Å². The zero-order valence-electron chi connectivity index (χ0n) is 11.1. The van der Waals surface area contributed by atoms with Crippen LogP contribution in [0.3, 0.4) is 0 Å². The Morgan fingerprint density at radius 1 is 1.30 bits per heavy atom.